The molecule has 2 N–H and O–H groups in total. The highest BCUT2D eigenvalue weighted by molar-refractivity contribution is 5.88. The Balaban J connectivity index is 2.56. The third-order valence-corrected chi connectivity index (χ3v) is 2.72. The van der Waals surface area contributed by atoms with Crippen molar-refractivity contribution in [1.29, 1.82) is 0 Å². The number of likely N-dealkylation sites (tertiary alicyclic amines) is 1. The monoisotopic (exact) mass is 199 g/mol. The maximum Gasteiger partial charge on any atom is 0.241 e. The molecule has 0 aliphatic carbocycles. The summed E-state index contributed by atoms with van der Waals surface area (Å²) in [5.74, 6) is 0.583. The van der Waals surface area contributed by atoms with Crippen LogP contribution in [-0.4, -0.2) is 55.0 Å². The van der Waals surface area contributed by atoms with Crippen molar-refractivity contribution >= 4 is 5.91 Å². The van der Waals surface area contributed by atoms with Gasteiger partial charge in [-0.1, -0.05) is 13.8 Å². The van der Waals surface area contributed by atoms with E-state index < -0.39 is 0 Å². The van der Waals surface area contributed by atoms with Gasteiger partial charge in [-0.25, -0.2) is 0 Å². The largest absolute Gasteiger partial charge is 0.335 e. The molecule has 0 aromatic carbocycles. The Morgan fingerprint density at radius 3 is 2.43 bits per heavy atom. The third kappa shape index (κ3) is 2.25. The number of likely N-dealkylation sites (N-methyl/N-ethyl adjacent to an activating group) is 1. The summed E-state index contributed by atoms with van der Waals surface area (Å²) in [6.45, 7) is 5.92. The molecule has 1 rings (SSSR count). The van der Waals surface area contributed by atoms with Gasteiger partial charge < -0.3 is 15.5 Å². The summed E-state index contributed by atoms with van der Waals surface area (Å²) in [6.07, 6.45) is 0. The Hall–Kier alpha value is -0.610. The standard InChI is InChI=1S/C10H21N3O/c1-7(2)9(6-12(3)4)13-5-8(11)10(13)14/h7-9H,5-6,11H2,1-4H3. The van der Waals surface area contributed by atoms with Crippen molar-refractivity contribution in [1.82, 2.24) is 9.80 Å². The summed E-state index contributed by atoms with van der Waals surface area (Å²) >= 11 is 0. The Labute approximate surface area is 86.0 Å². The molecule has 4 heteroatoms. The summed E-state index contributed by atoms with van der Waals surface area (Å²) in [4.78, 5) is 15.5. The lowest BCUT2D eigenvalue weighted by Gasteiger charge is -2.44. The van der Waals surface area contributed by atoms with Crippen LogP contribution in [0.3, 0.4) is 0 Å². The van der Waals surface area contributed by atoms with Gasteiger partial charge in [-0.05, 0) is 20.0 Å². The molecule has 1 aliphatic rings. The highest BCUT2D eigenvalue weighted by atomic mass is 16.2. The lowest BCUT2D eigenvalue weighted by molar-refractivity contribution is -0.147. The molecule has 1 amide bonds. The third-order valence-electron chi connectivity index (χ3n) is 2.72. The second-order valence-electron chi connectivity index (χ2n) is 4.67. The van der Waals surface area contributed by atoms with Crippen molar-refractivity contribution < 1.29 is 4.79 Å². The van der Waals surface area contributed by atoms with Crippen LogP contribution in [-0.2, 0) is 4.79 Å². The van der Waals surface area contributed by atoms with Gasteiger partial charge in [0.15, 0.2) is 0 Å². The first-order valence-corrected chi connectivity index (χ1v) is 5.14. The predicted molar refractivity (Wildman–Crippen MR) is 56.9 cm³/mol. The lowest BCUT2D eigenvalue weighted by atomic mass is 9.96. The summed E-state index contributed by atoms with van der Waals surface area (Å²) < 4.78 is 0. The number of hydrogen-bond donors (Lipinski definition) is 1. The fourth-order valence-corrected chi connectivity index (χ4v) is 1.82. The number of carbonyl (C=O) groups excluding carboxylic acids is 1. The average molecular weight is 199 g/mol. The highest BCUT2D eigenvalue weighted by Gasteiger charge is 2.39. The van der Waals surface area contributed by atoms with Crippen LogP contribution in [0.25, 0.3) is 0 Å². The quantitative estimate of drug-likeness (QED) is 0.635. The predicted octanol–water partition coefficient (Wildman–Crippen LogP) is -0.258. The average Bonchev–Trinajstić information content (AvgIpc) is 2.09. The van der Waals surface area contributed by atoms with Crippen molar-refractivity contribution in [3.05, 3.63) is 0 Å². The van der Waals surface area contributed by atoms with Crippen LogP contribution < -0.4 is 5.73 Å². The molecule has 0 aromatic rings. The molecule has 1 aliphatic heterocycles. The van der Waals surface area contributed by atoms with E-state index in [9.17, 15) is 4.79 Å². The van der Waals surface area contributed by atoms with Gasteiger partial charge in [-0.2, -0.15) is 0 Å². The van der Waals surface area contributed by atoms with E-state index in [1.807, 2.05) is 19.0 Å². The number of rotatable bonds is 4. The lowest BCUT2D eigenvalue weighted by Crippen LogP contribution is -2.66. The molecule has 0 bridgehead atoms. The smallest absolute Gasteiger partial charge is 0.241 e. The van der Waals surface area contributed by atoms with Gasteiger partial charge in [0.2, 0.25) is 5.91 Å². The van der Waals surface area contributed by atoms with Gasteiger partial charge in [0.05, 0.1) is 0 Å². The Bertz CT molecular complexity index is 215. The van der Waals surface area contributed by atoms with Gasteiger partial charge in [0.1, 0.15) is 6.04 Å². The summed E-state index contributed by atoms with van der Waals surface area (Å²) in [5, 5.41) is 0. The van der Waals surface area contributed by atoms with Gasteiger partial charge >= 0.3 is 0 Å². The zero-order valence-electron chi connectivity index (χ0n) is 9.53. The van der Waals surface area contributed by atoms with Crippen molar-refractivity contribution in [2.75, 3.05) is 27.2 Å². The van der Waals surface area contributed by atoms with Crippen LogP contribution in [0.1, 0.15) is 13.8 Å². The van der Waals surface area contributed by atoms with Crippen molar-refractivity contribution in [3.63, 3.8) is 0 Å². The molecule has 82 valence electrons. The van der Waals surface area contributed by atoms with Gasteiger partial charge in [-0.3, -0.25) is 4.79 Å². The summed E-state index contributed by atoms with van der Waals surface area (Å²) in [6, 6.07) is 0.0516. The fraction of sp³-hybridized carbons (Fsp3) is 0.900. The van der Waals surface area contributed by atoms with Gasteiger partial charge in [0.25, 0.3) is 0 Å². The van der Waals surface area contributed by atoms with Crippen molar-refractivity contribution in [3.8, 4) is 0 Å². The molecule has 4 nitrogen and oxygen atoms in total. The van der Waals surface area contributed by atoms with Crippen LogP contribution in [0.2, 0.25) is 0 Å². The van der Waals surface area contributed by atoms with Crippen molar-refractivity contribution in [2.24, 2.45) is 11.7 Å². The van der Waals surface area contributed by atoms with Crippen LogP contribution in [0.4, 0.5) is 0 Å². The molecule has 1 fully saturated rings. The summed E-state index contributed by atoms with van der Waals surface area (Å²) in [7, 11) is 4.05. The van der Waals surface area contributed by atoms with Crippen LogP contribution in [0, 0.1) is 5.92 Å². The van der Waals surface area contributed by atoms with E-state index in [4.69, 9.17) is 5.73 Å². The highest BCUT2D eigenvalue weighted by Crippen LogP contribution is 2.19. The maximum absolute atomic E-state index is 11.5. The number of hydrogen-bond acceptors (Lipinski definition) is 3. The number of carbonyl (C=O) groups is 1. The van der Waals surface area contributed by atoms with E-state index >= 15 is 0 Å². The minimum atomic E-state index is -0.251. The molecule has 1 heterocycles. The van der Waals surface area contributed by atoms with E-state index in [1.165, 1.54) is 0 Å². The Morgan fingerprint density at radius 1 is 1.57 bits per heavy atom. The minimum absolute atomic E-state index is 0.102. The van der Waals surface area contributed by atoms with Crippen LogP contribution in [0.15, 0.2) is 0 Å². The number of β-lactam (4-membered cyclic amide) rings is 1. The SMILES string of the molecule is CC(C)C(CN(C)C)N1CC(N)C1=O. The second-order valence-corrected chi connectivity index (χ2v) is 4.67. The van der Waals surface area contributed by atoms with E-state index in [2.05, 4.69) is 18.7 Å². The summed E-state index contributed by atoms with van der Waals surface area (Å²) in [5.41, 5.74) is 5.58. The molecule has 0 radical (unpaired) electrons. The van der Waals surface area contributed by atoms with E-state index in [0.29, 0.717) is 12.0 Å². The van der Waals surface area contributed by atoms with E-state index in [1.54, 1.807) is 0 Å². The number of amides is 1. The topological polar surface area (TPSA) is 49.6 Å². The normalized spacial score (nSPS) is 24.4. The molecule has 0 spiro atoms. The van der Waals surface area contributed by atoms with Crippen molar-refractivity contribution in [2.45, 2.75) is 25.9 Å². The minimum Gasteiger partial charge on any atom is -0.335 e. The molecule has 14 heavy (non-hydrogen) atoms. The zero-order chi connectivity index (χ0) is 10.9. The molecular formula is C10H21N3O. The van der Waals surface area contributed by atoms with Crippen LogP contribution in [0.5, 0.6) is 0 Å². The zero-order valence-corrected chi connectivity index (χ0v) is 9.53. The molecule has 2 unspecified atom stereocenters. The maximum atomic E-state index is 11.5. The molecule has 0 saturated carbocycles. The first-order chi connectivity index (χ1) is 6.43. The Kier molecular flexibility index (Phi) is 3.50. The fourth-order valence-electron chi connectivity index (χ4n) is 1.82. The van der Waals surface area contributed by atoms with Gasteiger partial charge in [-0.15, -0.1) is 0 Å². The van der Waals surface area contributed by atoms with E-state index in [-0.39, 0.29) is 11.9 Å². The first-order valence-electron chi connectivity index (χ1n) is 5.14. The second kappa shape index (κ2) is 4.28. The van der Waals surface area contributed by atoms with Gasteiger partial charge in [0, 0.05) is 19.1 Å². The van der Waals surface area contributed by atoms with Crippen LogP contribution >= 0.6 is 0 Å². The molecular weight excluding hydrogens is 178 g/mol. The molecule has 2 atom stereocenters. The molecule has 1 saturated heterocycles. The number of nitrogens with zero attached hydrogens (tertiary/aromatic N) is 2. The first kappa shape index (κ1) is 11.5. The number of nitrogens with two attached hydrogens (primary N) is 1. The Morgan fingerprint density at radius 2 is 2.14 bits per heavy atom. The van der Waals surface area contributed by atoms with E-state index in [0.717, 1.165) is 13.1 Å². The molecule has 0 aromatic heterocycles.